The fourth-order valence-electron chi connectivity index (χ4n) is 0.926. The summed E-state index contributed by atoms with van der Waals surface area (Å²) >= 11 is 4.31. The van der Waals surface area contributed by atoms with Crippen LogP contribution in [0.3, 0.4) is 0 Å². The van der Waals surface area contributed by atoms with Crippen molar-refractivity contribution in [2.45, 2.75) is 31.2 Å². The molecular weight excluding hydrogens is 106 g/mol. The molecule has 1 N–H and O–H groups in total. The summed E-state index contributed by atoms with van der Waals surface area (Å²) in [5.74, 6) is 0. The first-order valence-corrected chi connectivity index (χ1v) is 3.17. The number of hydrogen-bond acceptors (Lipinski definition) is 2. The lowest BCUT2D eigenvalue weighted by molar-refractivity contribution is 0.319. The van der Waals surface area contributed by atoms with E-state index in [0.717, 1.165) is 0 Å². The molecule has 2 heteroatoms. The van der Waals surface area contributed by atoms with Crippen molar-refractivity contribution in [3.05, 3.63) is 0 Å². The van der Waals surface area contributed by atoms with Crippen molar-refractivity contribution in [2.24, 2.45) is 0 Å². The van der Waals surface area contributed by atoms with Crippen molar-refractivity contribution < 1.29 is 0 Å². The second-order valence-corrected chi connectivity index (χ2v) is 2.83. The van der Waals surface area contributed by atoms with Gasteiger partial charge in [0.25, 0.3) is 0 Å². The van der Waals surface area contributed by atoms with Gasteiger partial charge in [0.05, 0.1) is 0 Å². The van der Waals surface area contributed by atoms with E-state index in [1.54, 1.807) is 0 Å². The van der Waals surface area contributed by atoms with Crippen molar-refractivity contribution in [3.63, 3.8) is 0 Å². The molecular formula is C5H11NS. The average Bonchev–Trinajstić information content (AvgIpc) is 1.68. The minimum Gasteiger partial charge on any atom is -0.309 e. The molecule has 1 fully saturated rings. The number of rotatable bonds is 0. The van der Waals surface area contributed by atoms with E-state index in [4.69, 9.17) is 0 Å². The van der Waals surface area contributed by atoms with Crippen LogP contribution in [0.25, 0.3) is 0 Å². The van der Waals surface area contributed by atoms with Gasteiger partial charge in [-0.25, -0.2) is 0 Å². The molecule has 0 aromatic carbocycles. The molecule has 0 amide bonds. The fraction of sp³-hybridized carbons (Fsp3) is 1.00. The van der Waals surface area contributed by atoms with Crippen molar-refractivity contribution in [3.8, 4) is 0 Å². The van der Waals surface area contributed by atoms with Crippen LogP contribution in [-0.2, 0) is 0 Å². The largest absolute Gasteiger partial charge is 0.309 e. The Morgan fingerprint density at radius 1 is 1.29 bits per heavy atom. The third-order valence-electron chi connectivity index (χ3n) is 1.55. The minimum absolute atomic E-state index is 0.583. The van der Waals surface area contributed by atoms with Gasteiger partial charge >= 0.3 is 0 Å². The summed E-state index contributed by atoms with van der Waals surface area (Å²) in [4.78, 5) is 0. The van der Waals surface area contributed by atoms with E-state index >= 15 is 0 Å². The highest BCUT2D eigenvalue weighted by atomic mass is 32.1. The van der Waals surface area contributed by atoms with Gasteiger partial charge in [-0.1, -0.05) is 0 Å². The van der Waals surface area contributed by atoms with Gasteiger partial charge in [-0.15, -0.1) is 0 Å². The molecule has 0 aliphatic carbocycles. The van der Waals surface area contributed by atoms with Gasteiger partial charge in [0.15, 0.2) is 0 Å². The molecule has 0 radical (unpaired) electrons. The normalized spacial score (nSPS) is 51.0. The molecule has 1 rings (SSSR count). The maximum Gasteiger partial charge on any atom is 0.0319 e. The average molecular weight is 117 g/mol. The van der Waals surface area contributed by atoms with Crippen molar-refractivity contribution >= 4 is 12.6 Å². The summed E-state index contributed by atoms with van der Waals surface area (Å²) in [5.41, 5.74) is 0. The summed E-state index contributed by atoms with van der Waals surface area (Å²) in [7, 11) is 0. The second-order valence-electron chi connectivity index (χ2n) is 2.23. The maximum atomic E-state index is 4.31. The Morgan fingerprint density at radius 3 is 1.71 bits per heavy atom. The molecule has 1 aliphatic heterocycles. The van der Waals surface area contributed by atoms with E-state index in [1.165, 1.54) is 0 Å². The Labute approximate surface area is 49.9 Å². The van der Waals surface area contributed by atoms with Crippen molar-refractivity contribution in [1.29, 1.82) is 0 Å². The Kier molecular flexibility index (Phi) is 1.30. The van der Waals surface area contributed by atoms with Gasteiger partial charge in [-0.2, -0.15) is 12.6 Å². The van der Waals surface area contributed by atoms with Crippen LogP contribution in [-0.4, -0.2) is 17.3 Å². The van der Waals surface area contributed by atoms with Crippen LogP contribution in [0.15, 0.2) is 0 Å². The first kappa shape index (κ1) is 5.45. The Bertz CT molecular complexity index is 66.5. The molecule has 0 bridgehead atoms. The molecule has 1 saturated heterocycles. The molecule has 0 spiro atoms. The monoisotopic (exact) mass is 117 g/mol. The van der Waals surface area contributed by atoms with E-state index in [0.29, 0.717) is 17.3 Å². The summed E-state index contributed by atoms with van der Waals surface area (Å²) in [6.07, 6.45) is 0. The highest BCUT2D eigenvalue weighted by molar-refractivity contribution is 7.81. The third-order valence-corrected chi connectivity index (χ3v) is 2.44. The Balaban J connectivity index is 2.29. The molecule has 2 atom stereocenters. The summed E-state index contributed by atoms with van der Waals surface area (Å²) in [5, 5.41) is 3.86. The van der Waals surface area contributed by atoms with Crippen LogP contribution in [0.4, 0.5) is 0 Å². The van der Waals surface area contributed by atoms with Gasteiger partial charge in [-0.05, 0) is 13.8 Å². The van der Waals surface area contributed by atoms with E-state index < -0.39 is 0 Å². The van der Waals surface area contributed by atoms with Gasteiger partial charge in [0, 0.05) is 17.3 Å². The zero-order valence-electron chi connectivity index (χ0n) is 4.68. The van der Waals surface area contributed by atoms with Crippen LogP contribution in [0, 0.1) is 0 Å². The van der Waals surface area contributed by atoms with Gasteiger partial charge in [0.1, 0.15) is 0 Å². The van der Waals surface area contributed by atoms with Crippen LogP contribution in [0.2, 0.25) is 0 Å². The lowest BCUT2D eigenvalue weighted by Gasteiger charge is -2.39. The lowest BCUT2D eigenvalue weighted by Crippen LogP contribution is -2.59. The quantitative estimate of drug-likeness (QED) is 0.444. The fourth-order valence-corrected chi connectivity index (χ4v) is 1.10. The third kappa shape index (κ3) is 0.774. The Hall–Kier alpha value is 0.310. The number of nitrogens with one attached hydrogen (secondary N) is 1. The predicted octanol–water partition coefficient (Wildman–Crippen LogP) is 0.665. The van der Waals surface area contributed by atoms with Crippen LogP contribution < -0.4 is 5.32 Å². The van der Waals surface area contributed by atoms with Crippen LogP contribution in [0.1, 0.15) is 13.8 Å². The molecule has 0 saturated carbocycles. The number of thiol groups is 1. The molecule has 0 aromatic rings. The first-order chi connectivity index (χ1) is 3.22. The lowest BCUT2D eigenvalue weighted by atomic mass is 10.00. The number of hydrogen-bond donors (Lipinski definition) is 2. The molecule has 0 aromatic heterocycles. The maximum absolute atomic E-state index is 4.31. The predicted molar refractivity (Wildman–Crippen MR) is 34.8 cm³/mol. The summed E-state index contributed by atoms with van der Waals surface area (Å²) in [6, 6.07) is 1.25. The van der Waals surface area contributed by atoms with Gasteiger partial charge in [-0.3, -0.25) is 0 Å². The first-order valence-electron chi connectivity index (χ1n) is 2.66. The zero-order chi connectivity index (χ0) is 5.44. The molecule has 42 valence electrons. The molecule has 1 heterocycles. The van der Waals surface area contributed by atoms with Gasteiger partial charge < -0.3 is 5.32 Å². The molecule has 1 nitrogen and oxygen atoms in total. The van der Waals surface area contributed by atoms with Crippen LogP contribution >= 0.6 is 12.6 Å². The molecule has 7 heavy (non-hydrogen) atoms. The standard InChI is InChI=1S/C5H11NS/c1-3-5(7)4(2)6-3/h3-7H,1-2H3. The van der Waals surface area contributed by atoms with E-state index in [-0.39, 0.29) is 0 Å². The van der Waals surface area contributed by atoms with E-state index in [2.05, 4.69) is 31.8 Å². The molecule has 2 unspecified atom stereocenters. The SMILES string of the molecule is CC1NC(C)C1S. The second kappa shape index (κ2) is 1.67. The Morgan fingerprint density at radius 2 is 1.71 bits per heavy atom. The molecule has 1 aliphatic rings. The topological polar surface area (TPSA) is 12.0 Å². The van der Waals surface area contributed by atoms with Gasteiger partial charge in [0.2, 0.25) is 0 Å². The van der Waals surface area contributed by atoms with Crippen molar-refractivity contribution in [2.75, 3.05) is 0 Å². The zero-order valence-corrected chi connectivity index (χ0v) is 5.57. The highest BCUT2D eigenvalue weighted by Gasteiger charge is 2.29. The summed E-state index contributed by atoms with van der Waals surface area (Å²) < 4.78 is 0. The smallest absolute Gasteiger partial charge is 0.0319 e. The van der Waals surface area contributed by atoms with Crippen molar-refractivity contribution in [1.82, 2.24) is 5.32 Å². The summed E-state index contributed by atoms with van der Waals surface area (Å²) in [6.45, 7) is 4.30. The van der Waals surface area contributed by atoms with E-state index in [9.17, 15) is 0 Å². The van der Waals surface area contributed by atoms with E-state index in [1.807, 2.05) is 0 Å². The highest BCUT2D eigenvalue weighted by Crippen LogP contribution is 2.16. The minimum atomic E-state index is 0.583. The van der Waals surface area contributed by atoms with Crippen LogP contribution in [0.5, 0.6) is 0 Å².